The molecule has 0 amide bonds. The second-order valence-corrected chi connectivity index (χ2v) is 5.84. The van der Waals surface area contributed by atoms with E-state index in [0.717, 1.165) is 6.42 Å². The molecule has 0 spiro atoms. The minimum Gasteiger partial charge on any atom is -0.481 e. The van der Waals surface area contributed by atoms with Crippen molar-refractivity contribution in [3.63, 3.8) is 0 Å². The Morgan fingerprint density at radius 1 is 1.06 bits per heavy atom. The number of carboxylic acid groups (broad SMARTS) is 1. The second-order valence-electron chi connectivity index (χ2n) is 5.84. The molecule has 0 fully saturated rings. The van der Waals surface area contributed by atoms with Crippen molar-refractivity contribution in [3.05, 3.63) is 0 Å². The van der Waals surface area contributed by atoms with Crippen LogP contribution < -0.4 is 0 Å². The van der Waals surface area contributed by atoms with Gasteiger partial charge in [-0.05, 0) is 26.2 Å². The first-order chi connectivity index (χ1) is 7.92. The van der Waals surface area contributed by atoms with Crippen molar-refractivity contribution in [2.75, 3.05) is 0 Å². The molecule has 1 atom stereocenters. The zero-order valence-corrected chi connectivity index (χ0v) is 12.1. The van der Waals surface area contributed by atoms with Crippen molar-refractivity contribution < 1.29 is 9.90 Å². The summed E-state index contributed by atoms with van der Waals surface area (Å²) in [7, 11) is 0. The number of rotatable bonds is 10. The fourth-order valence-corrected chi connectivity index (χ4v) is 1.98. The van der Waals surface area contributed by atoms with Gasteiger partial charge < -0.3 is 5.11 Å². The SMILES string of the molecule is CCCCCCCCCC(C)C(C)(C)C(=O)O. The zero-order valence-electron chi connectivity index (χ0n) is 12.1. The second kappa shape index (κ2) is 8.54. The van der Waals surface area contributed by atoms with Crippen LogP contribution in [0.15, 0.2) is 0 Å². The fourth-order valence-electron chi connectivity index (χ4n) is 1.98. The van der Waals surface area contributed by atoms with E-state index in [1.807, 2.05) is 13.8 Å². The summed E-state index contributed by atoms with van der Waals surface area (Å²) >= 11 is 0. The summed E-state index contributed by atoms with van der Waals surface area (Å²) in [6, 6.07) is 0. The van der Waals surface area contributed by atoms with Crippen LogP contribution in [-0.4, -0.2) is 11.1 Å². The summed E-state index contributed by atoms with van der Waals surface area (Å²) in [6.45, 7) is 7.96. The Bertz CT molecular complexity index is 209. The van der Waals surface area contributed by atoms with Crippen molar-refractivity contribution in [1.29, 1.82) is 0 Å². The number of hydrogen-bond donors (Lipinski definition) is 1. The Morgan fingerprint density at radius 2 is 1.53 bits per heavy atom. The van der Waals surface area contributed by atoms with E-state index in [2.05, 4.69) is 13.8 Å². The van der Waals surface area contributed by atoms with Gasteiger partial charge in [-0.25, -0.2) is 0 Å². The molecule has 0 aliphatic carbocycles. The van der Waals surface area contributed by atoms with Crippen molar-refractivity contribution in [2.24, 2.45) is 11.3 Å². The van der Waals surface area contributed by atoms with Crippen LogP contribution >= 0.6 is 0 Å². The summed E-state index contributed by atoms with van der Waals surface area (Å²) in [6.07, 6.45) is 10.1. The van der Waals surface area contributed by atoms with E-state index in [4.69, 9.17) is 5.11 Å². The zero-order chi connectivity index (χ0) is 13.3. The minimum absolute atomic E-state index is 0.260. The summed E-state index contributed by atoms with van der Waals surface area (Å²) in [5.41, 5.74) is -0.581. The Hall–Kier alpha value is -0.530. The molecule has 1 unspecified atom stereocenters. The summed E-state index contributed by atoms with van der Waals surface area (Å²) < 4.78 is 0. The van der Waals surface area contributed by atoms with Crippen LogP contribution in [0.2, 0.25) is 0 Å². The van der Waals surface area contributed by atoms with Crippen LogP contribution in [0, 0.1) is 11.3 Å². The number of carboxylic acids is 1. The van der Waals surface area contributed by atoms with Gasteiger partial charge in [0.15, 0.2) is 0 Å². The van der Waals surface area contributed by atoms with E-state index in [1.165, 1.54) is 44.9 Å². The lowest BCUT2D eigenvalue weighted by molar-refractivity contribution is -0.149. The molecular formula is C15H30O2. The van der Waals surface area contributed by atoms with E-state index < -0.39 is 11.4 Å². The molecule has 17 heavy (non-hydrogen) atoms. The lowest BCUT2D eigenvalue weighted by Crippen LogP contribution is -2.31. The summed E-state index contributed by atoms with van der Waals surface area (Å²) in [5.74, 6) is -0.413. The van der Waals surface area contributed by atoms with Gasteiger partial charge in [0.1, 0.15) is 0 Å². The van der Waals surface area contributed by atoms with E-state index in [9.17, 15) is 4.79 Å². The van der Waals surface area contributed by atoms with Crippen molar-refractivity contribution in [2.45, 2.75) is 79.1 Å². The average molecular weight is 242 g/mol. The van der Waals surface area contributed by atoms with Gasteiger partial charge >= 0.3 is 5.97 Å². The van der Waals surface area contributed by atoms with Crippen LogP contribution in [-0.2, 0) is 4.79 Å². The van der Waals surface area contributed by atoms with Gasteiger partial charge in [-0.3, -0.25) is 4.79 Å². The van der Waals surface area contributed by atoms with E-state index in [-0.39, 0.29) is 5.92 Å². The van der Waals surface area contributed by atoms with E-state index >= 15 is 0 Å². The summed E-state index contributed by atoms with van der Waals surface area (Å²) in [4.78, 5) is 11.1. The third-order valence-electron chi connectivity index (χ3n) is 4.02. The Kier molecular flexibility index (Phi) is 8.28. The van der Waals surface area contributed by atoms with Gasteiger partial charge in [-0.2, -0.15) is 0 Å². The molecule has 102 valence electrons. The van der Waals surface area contributed by atoms with Gasteiger partial charge in [0.25, 0.3) is 0 Å². The van der Waals surface area contributed by atoms with Gasteiger partial charge in [-0.15, -0.1) is 0 Å². The topological polar surface area (TPSA) is 37.3 Å². The first-order valence-corrected chi connectivity index (χ1v) is 7.16. The highest BCUT2D eigenvalue weighted by atomic mass is 16.4. The van der Waals surface area contributed by atoms with Gasteiger partial charge in [0.05, 0.1) is 5.41 Å². The lowest BCUT2D eigenvalue weighted by Gasteiger charge is -2.27. The number of carbonyl (C=O) groups is 1. The van der Waals surface area contributed by atoms with Crippen LogP contribution in [0.3, 0.4) is 0 Å². The van der Waals surface area contributed by atoms with Crippen LogP contribution in [0.25, 0.3) is 0 Å². The third-order valence-corrected chi connectivity index (χ3v) is 4.02. The first-order valence-electron chi connectivity index (χ1n) is 7.16. The predicted molar refractivity (Wildman–Crippen MR) is 73.2 cm³/mol. The Balaban J connectivity index is 3.58. The maximum Gasteiger partial charge on any atom is 0.309 e. The number of hydrogen-bond acceptors (Lipinski definition) is 1. The minimum atomic E-state index is -0.673. The molecule has 0 aromatic carbocycles. The molecule has 0 heterocycles. The van der Waals surface area contributed by atoms with Crippen molar-refractivity contribution >= 4 is 5.97 Å². The Labute approximate surface area is 107 Å². The molecule has 0 radical (unpaired) electrons. The lowest BCUT2D eigenvalue weighted by atomic mass is 9.77. The number of unbranched alkanes of at least 4 members (excludes halogenated alkanes) is 6. The van der Waals surface area contributed by atoms with Crippen molar-refractivity contribution in [1.82, 2.24) is 0 Å². The molecule has 2 nitrogen and oxygen atoms in total. The van der Waals surface area contributed by atoms with Gasteiger partial charge in [-0.1, -0.05) is 58.8 Å². The van der Waals surface area contributed by atoms with E-state index in [1.54, 1.807) is 0 Å². The fraction of sp³-hybridized carbons (Fsp3) is 0.933. The smallest absolute Gasteiger partial charge is 0.309 e. The monoisotopic (exact) mass is 242 g/mol. The molecule has 0 aromatic rings. The maximum absolute atomic E-state index is 11.1. The van der Waals surface area contributed by atoms with Crippen LogP contribution in [0.4, 0.5) is 0 Å². The van der Waals surface area contributed by atoms with Gasteiger partial charge in [0, 0.05) is 0 Å². The predicted octanol–water partition coefficient (Wildman–Crippen LogP) is 4.87. The average Bonchev–Trinajstić information content (AvgIpc) is 2.27. The maximum atomic E-state index is 11.1. The molecule has 0 aromatic heterocycles. The van der Waals surface area contributed by atoms with E-state index in [0.29, 0.717) is 0 Å². The molecule has 0 rings (SSSR count). The molecule has 0 bridgehead atoms. The summed E-state index contributed by atoms with van der Waals surface area (Å²) in [5, 5.41) is 9.11. The van der Waals surface area contributed by atoms with Crippen LogP contribution in [0.1, 0.15) is 79.1 Å². The molecule has 2 heteroatoms. The third kappa shape index (κ3) is 6.70. The highest BCUT2D eigenvalue weighted by Gasteiger charge is 2.32. The Morgan fingerprint density at radius 3 is 2.00 bits per heavy atom. The highest BCUT2D eigenvalue weighted by Crippen LogP contribution is 2.30. The molecule has 1 N–H and O–H groups in total. The first kappa shape index (κ1) is 16.5. The highest BCUT2D eigenvalue weighted by molar-refractivity contribution is 5.73. The normalized spacial score (nSPS) is 13.6. The molecule has 0 saturated heterocycles. The molecule has 0 aliphatic rings. The molecule has 0 saturated carbocycles. The van der Waals surface area contributed by atoms with Crippen LogP contribution in [0.5, 0.6) is 0 Å². The molecular weight excluding hydrogens is 212 g/mol. The number of aliphatic carboxylic acids is 1. The molecule has 0 aliphatic heterocycles. The standard InChI is InChI=1S/C15H30O2/c1-5-6-7-8-9-10-11-12-13(2)15(3,4)14(16)17/h13H,5-12H2,1-4H3,(H,16,17). The van der Waals surface area contributed by atoms with Crippen molar-refractivity contribution in [3.8, 4) is 0 Å². The quantitative estimate of drug-likeness (QED) is 0.555. The van der Waals surface area contributed by atoms with Gasteiger partial charge in [0.2, 0.25) is 0 Å². The largest absolute Gasteiger partial charge is 0.481 e.